The molecule has 21 heavy (non-hydrogen) atoms. The van der Waals surface area contributed by atoms with Crippen LogP contribution in [0.5, 0.6) is 0 Å². The molecule has 0 aliphatic carbocycles. The van der Waals surface area contributed by atoms with Crippen LogP contribution in [0.15, 0.2) is 36.4 Å². The van der Waals surface area contributed by atoms with Gasteiger partial charge in [0.1, 0.15) is 0 Å². The third-order valence-electron chi connectivity index (χ3n) is 3.30. The Morgan fingerprint density at radius 3 is 1.90 bits per heavy atom. The van der Waals surface area contributed by atoms with Gasteiger partial charge in [0.2, 0.25) is 0 Å². The van der Waals surface area contributed by atoms with Gasteiger partial charge in [0, 0.05) is 24.4 Å². The van der Waals surface area contributed by atoms with Crippen LogP contribution >= 0.6 is 0 Å². The average molecular weight is 309 g/mol. The van der Waals surface area contributed by atoms with Crippen molar-refractivity contribution in [1.29, 1.82) is 0 Å². The first-order chi connectivity index (χ1) is 9.77. The molecule has 0 aromatic heterocycles. The van der Waals surface area contributed by atoms with E-state index in [0.29, 0.717) is 6.54 Å². The summed E-state index contributed by atoms with van der Waals surface area (Å²) < 4.78 is 39.1. The molecule has 0 spiro atoms. The van der Waals surface area contributed by atoms with Crippen molar-refractivity contribution in [3.05, 3.63) is 59.4 Å². The van der Waals surface area contributed by atoms with Crippen molar-refractivity contribution in [1.82, 2.24) is 0 Å². The van der Waals surface area contributed by atoms with Crippen molar-refractivity contribution in [3.8, 4) is 0 Å². The van der Waals surface area contributed by atoms with Gasteiger partial charge in [-0.2, -0.15) is 0 Å². The zero-order valence-electron chi connectivity index (χ0n) is 12.3. The van der Waals surface area contributed by atoms with E-state index in [1.807, 2.05) is 12.1 Å². The first kappa shape index (κ1) is 15.6. The topological polar surface area (TPSA) is 12.0 Å². The average Bonchev–Trinajstić information content (AvgIpc) is 2.42. The molecule has 1 N–H and O–H groups in total. The van der Waals surface area contributed by atoms with Gasteiger partial charge in [-0.1, -0.05) is 49.1 Å². The smallest absolute Gasteiger partial charge is 0.194 e. The normalized spacial score (nSPS) is 11.5. The largest absolute Gasteiger partial charge is 0.381 e. The molecule has 2 rings (SSSR count). The van der Waals surface area contributed by atoms with Gasteiger partial charge in [-0.15, -0.1) is 0 Å². The quantitative estimate of drug-likeness (QED) is 0.657. The van der Waals surface area contributed by atoms with E-state index in [-0.39, 0.29) is 5.69 Å². The van der Waals surface area contributed by atoms with Crippen molar-refractivity contribution in [2.24, 2.45) is 0 Å². The van der Waals surface area contributed by atoms with Gasteiger partial charge in [-0.05, 0) is 5.56 Å². The molecular formula is C16H18F3NSi. The summed E-state index contributed by atoms with van der Waals surface area (Å²) >= 11 is 0. The molecule has 0 saturated carbocycles. The SMILES string of the molecule is C[Si](C)(C)c1ccc(CNc2cc(F)c(F)c(F)c2)cc1. The van der Waals surface area contributed by atoms with Crippen molar-refractivity contribution in [2.45, 2.75) is 26.2 Å². The number of anilines is 1. The molecule has 5 heteroatoms. The van der Waals surface area contributed by atoms with Crippen LogP contribution in [0.1, 0.15) is 5.56 Å². The van der Waals surface area contributed by atoms with E-state index in [4.69, 9.17) is 0 Å². The zero-order chi connectivity index (χ0) is 15.6. The second kappa shape index (κ2) is 5.93. The lowest BCUT2D eigenvalue weighted by Crippen LogP contribution is -2.37. The molecule has 0 fully saturated rings. The highest BCUT2D eigenvalue weighted by Crippen LogP contribution is 2.18. The predicted molar refractivity (Wildman–Crippen MR) is 83.1 cm³/mol. The number of rotatable bonds is 4. The number of benzene rings is 2. The highest BCUT2D eigenvalue weighted by atomic mass is 28.3. The first-order valence-electron chi connectivity index (χ1n) is 6.75. The van der Waals surface area contributed by atoms with Gasteiger partial charge in [-0.25, -0.2) is 13.2 Å². The van der Waals surface area contributed by atoms with E-state index in [2.05, 4.69) is 37.1 Å². The van der Waals surface area contributed by atoms with Gasteiger partial charge in [-0.3, -0.25) is 0 Å². The monoisotopic (exact) mass is 309 g/mol. The van der Waals surface area contributed by atoms with Crippen molar-refractivity contribution >= 4 is 18.9 Å². The molecule has 0 amide bonds. The van der Waals surface area contributed by atoms with Gasteiger partial charge in [0.25, 0.3) is 0 Å². The highest BCUT2D eigenvalue weighted by Gasteiger charge is 2.15. The standard InChI is InChI=1S/C16H18F3NSi/c1-21(2,3)13-6-4-11(5-7-13)10-20-12-8-14(17)16(19)15(18)9-12/h4-9,20H,10H2,1-3H3. The van der Waals surface area contributed by atoms with Crippen molar-refractivity contribution in [2.75, 3.05) is 5.32 Å². The Morgan fingerprint density at radius 2 is 1.43 bits per heavy atom. The van der Waals surface area contributed by atoms with Crippen LogP contribution in [0, 0.1) is 17.5 Å². The van der Waals surface area contributed by atoms with E-state index in [9.17, 15) is 13.2 Å². The molecule has 0 aliphatic heterocycles. The summed E-state index contributed by atoms with van der Waals surface area (Å²) in [6, 6.07) is 10.1. The Morgan fingerprint density at radius 1 is 0.905 bits per heavy atom. The summed E-state index contributed by atoms with van der Waals surface area (Å²) in [7, 11) is -1.33. The van der Waals surface area contributed by atoms with Gasteiger partial charge in [0.15, 0.2) is 17.5 Å². The Bertz CT molecular complexity index is 610. The molecule has 2 aromatic rings. The van der Waals surface area contributed by atoms with Gasteiger partial charge in [0.05, 0.1) is 8.07 Å². The van der Waals surface area contributed by atoms with Gasteiger partial charge < -0.3 is 5.32 Å². The molecule has 2 aromatic carbocycles. The molecule has 0 radical (unpaired) electrons. The Kier molecular flexibility index (Phi) is 4.42. The van der Waals surface area contributed by atoms with Crippen LogP contribution in [0.2, 0.25) is 19.6 Å². The number of halogens is 3. The molecule has 0 saturated heterocycles. The second-order valence-corrected chi connectivity index (χ2v) is 11.1. The summed E-state index contributed by atoms with van der Waals surface area (Å²) in [5.74, 6) is -3.82. The minimum Gasteiger partial charge on any atom is -0.381 e. The maximum atomic E-state index is 13.1. The lowest BCUT2D eigenvalue weighted by molar-refractivity contribution is 0.447. The lowest BCUT2D eigenvalue weighted by Gasteiger charge is -2.17. The third-order valence-corrected chi connectivity index (χ3v) is 5.37. The minimum atomic E-state index is -1.44. The predicted octanol–water partition coefficient (Wildman–Crippen LogP) is 4.26. The molecule has 0 unspecified atom stereocenters. The fraction of sp³-hybridized carbons (Fsp3) is 0.250. The summed E-state index contributed by atoms with van der Waals surface area (Å²) in [5, 5.41) is 4.24. The van der Waals surface area contributed by atoms with E-state index in [1.165, 1.54) is 5.19 Å². The molecular weight excluding hydrogens is 291 g/mol. The Labute approximate surface area is 123 Å². The number of hydrogen-bond acceptors (Lipinski definition) is 1. The van der Waals surface area contributed by atoms with E-state index < -0.39 is 25.5 Å². The van der Waals surface area contributed by atoms with Gasteiger partial charge >= 0.3 is 0 Å². The number of hydrogen-bond donors (Lipinski definition) is 1. The fourth-order valence-electron chi connectivity index (χ4n) is 1.98. The number of nitrogens with one attached hydrogen (secondary N) is 1. The summed E-state index contributed by atoms with van der Waals surface area (Å²) in [6.45, 7) is 7.23. The van der Waals surface area contributed by atoms with Crippen LogP contribution in [0.4, 0.5) is 18.9 Å². The molecule has 1 nitrogen and oxygen atoms in total. The fourth-order valence-corrected chi connectivity index (χ4v) is 3.15. The summed E-state index contributed by atoms with van der Waals surface area (Å²) in [6.07, 6.45) is 0. The van der Waals surface area contributed by atoms with Crippen LogP contribution in [0.3, 0.4) is 0 Å². The summed E-state index contributed by atoms with van der Waals surface area (Å²) in [4.78, 5) is 0. The molecule has 0 bridgehead atoms. The highest BCUT2D eigenvalue weighted by molar-refractivity contribution is 6.88. The zero-order valence-corrected chi connectivity index (χ0v) is 13.3. The first-order valence-corrected chi connectivity index (χ1v) is 10.3. The lowest BCUT2D eigenvalue weighted by atomic mass is 10.2. The second-order valence-electron chi connectivity index (χ2n) is 6.05. The maximum Gasteiger partial charge on any atom is 0.194 e. The minimum absolute atomic E-state index is 0.223. The third kappa shape index (κ3) is 3.88. The van der Waals surface area contributed by atoms with Crippen LogP contribution < -0.4 is 10.5 Å². The molecule has 0 atom stereocenters. The van der Waals surface area contributed by atoms with E-state index in [0.717, 1.165) is 17.7 Å². The Hall–Kier alpha value is -1.75. The van der Waals surface area contributed by atoms with Crippen molar-refractivity contribution < 1.29 is 13.2 Å². The summed E-state index contributed by atoms with van der Waals surface area (Å²) in [5.41, 5.74) is 1.22. The van der Waals surface area contributed by atoms with Crippen LogP contribution in [-0.2, 0) is 6.54 Å². The molecule has 0 aliphatic rings. The van der Waals surface area contributed by atoms with E-state index >= 15 is 0 Å². The van der Waals surface area contributed by atoms with Crippen LogP contribution in [-0.4, -0.2) is 8.07 Å². The molecule has 112 valence electrons. The van der Waals surface area contributed by atoms with E-state index in [1.54, 1.807) is 0 Å². The van der Waals surface area contributed by atoms with Crippen LogP contribution in [0.25, 0.3) is 0 Å². The maximum absolute atomic E-state index is 13.1. The molecule has 0 heterocycles. The Balaban J connectivity index is 2.07. The van der Waals surface area contributed by atoms with Crippen molar-refractivity contribution in [3.63, 3.8) is 0 Å².